The number of nitrogens with zero attached hydrogens (tertiary/aromatic N) is 3. The molecular formula is C21H29N3O4. The van der Waals surface area contributed by atoms with Crippen molar-refractivity contribution in [2.75, 3.05) is 65.6 Å². The number of amides is 2. The number of rotatable bonds is 6. The van der Waals surface area contributed by atoms with Crippen molar-refractivity contribution in [3.63, 3.8) is 0 Å². The molecule has 7 nitrogen and oxygen atoms in total. The molecule has 0 unspecified atom stereocenters. The van der Waals surface area contributed by atoms with E-state index in [1.165, 1.54) is 0 Å². The molecule has 0 aromatic heterocycles. The number of benzene rings is 1. The Labute approximate surface area is 166 Å². The molecule has 1 aromatic rings. The van der Waals surface area contributed by atoms with Gasteiger partial charge in [0.1, 0.15) is 5.75 Å². The predicted octanol–water partition coefficient (Wildman–Crippen LogP) is 1.10. The Bertz CT molecular complexity index is 675. The molecule has 152 valence electrons. The molecule has 2 fully saturated rings. The third kappa shape index (κ3) is 5.81. The molecule has 2 saturated heterocycles. The lowest BCUT2D eigenvalue weighted by Gasteiger charge is -2.36. The highest BCUT2D eigenvalue weighted by atomic mass is 16.5. The van der Waals surface area contributed by atoms with Gasteiger partial charge in [-0.25, -0.2) is 0 Å². The maximum atomic E-state index is 12.4. The van der Waals surface area contributed by atoms with Gasteiger partial charge in [0.15, 0.2) is 0 Å². The van der Waals surface area contributed by atoms with Crippen molar-refractivity contribution in [3.05, 3.63) is 35.9 Å². The third-order valence-electron chi connectivity index (χ3n) is 5.02. The molecule has 2 aliphatic rings. The molecule has 2 heterocycles. The number of piperazine rings is 1. The lowest BCUT2D eigenvalue weighted by Crippen LogP contribution is -2.53. The van der Waals surface area contributed by atoms with Crippen LogP contribution in [0, 0.1) is 0 Å². The molecule has 0 saturated carbocycles. The van der Waals surface area contributed by atoms with Gasteiger partial charge in [-0.15, -0.1) is 0 Å². The first kappa shape index (κ1) is 20.4. The number of hydrogen-bond acceptors (Lipinski definition) is 5. The molecule has 0 N–H and O–H groups in total. The lowest BCUT2D eigenvalue weighted by molar-refractivity contribution is -0.138. The summed E-state index contributed by atoms with van der Waals surface area (Å²) in [7, 11) is 0. The van der Waals surface area contributed by atoms with E-state index in [9.17, 15) is 9.59 Å². The maximum absolute atomic E-state index is 12.4. The van der Waals surface area contributed by atoms with Crippen molar-refractivity contribution in [1.29, 1.82) is 0 Å². The first-order valence-corrected chi connectivity index (χ1v) is 9.93. The Balaban J connectivity index is 1.43. The Morgan fingerprint density at radius 3 is 2.29 bits per heavy atom. The molecule has 1 aromatic carbocycles. The molecule has 2 amide bonds. The molecule has 2 aliphatic heterocycles. The fourth-order valence-electron chi connectivity index (χ4n) is 3.34. The minimum absolute atomic E-state index is 0.0193. The van der Waals surface area contributed by atoms with Crippen LogP contribution in [0.1, 0.15) is 12.5 Å². The van der Waals surface area contributed by atoms with Gasteiger partial charge in [-0.05, 0) is 30.7 Å². The summed E-state index contributed by atoms with van der Waals surface area (Å²) < 4.78 is 10.7. The molecule has 0 spiro atoms. The van der Waals surface area contributed by atoms with E-state index in [2.05, 4.69) is 4.90 Å². The third-order valence-corrected chi connectivity index (χ3v) is 5.02. The van der Waals surface area contributed by atoms with Gasteiger partial charge >= 0.3 is 0 Å². The molecule has 7 heteroatoms. The van der Waals surface area contributed by atoms with E-state index in [1.807, 2.05) is 42.2 Å². The van der Waals surface area contributed by atoms with Crippen LogP contribution < -0.4 is 4.74 Å². The van der Waals surface area contributed by atoms with Crippen molar-refractivity contribution in [2.24, 2.45) is 0 Å². The number of morpholine rings is 1. The smallest absolute Gasteiger partial charge is 0.246 e. The van der Waals surface area contributed by atoms with Crippen molar-refractivity contribution >= 4 is 17.9 Å². The Morgan fingerprint density at radius 1 is 1.00 bits per heavy atom. The highest BCUT2D eigenvalue weighted by Crippen LogP contribution is 2.13. The van der Waals surface area contributed by atoms with Gasteiger partial charge in [-0.2, -0.15) is 0 Å². The topological polar surface area (TPSA) is 62.3 Å². The summed E-state index contributed by atoms with van der Waals surface area (Å²) >= 11 is 0. The summed E-state index contributed by atoms with van der Waals surface area (Å²) in [6.07, 6.45) is 3.41. The zero-order valence-electron chi connectivity index (χ0n) is 16.5. The van der Waals surface area contributed by atoms with Gasteiger partial charge in [-0.3, -0.25) is 14.5 Å². The normalized spacial score (nSPS) is 18.5. The van der Waals surface area contributed by atoms with E-state index in [1.54, 1.807) is 11.0 Å². The number of ether oxygens (including phenoxy) is 2. The quantitative estimate of drug-likeness (QED) is 0.684. The SMILES string of the molecule is CCOc1ccc(/C=C/C(=O)N2CCN(C(=O)CN3CCOCC3)CC2)cc1. The first-order valence-electron chi connectivity index (χ1n) is 9.93. The van der Waals surface area contributed by atoms with Crippen LogP contribution >= 0.6 is 0 Å². The van der Waals surface area contributed by atoms with E-state index < -0.39 is 0 Å². The molecule has 0 radical (unpaired) electrons. The fraction of sp³-hybridized carbons (Fsp3) is 0.524. The monoisotopic (exact) mass is 387 g/mol. The van der Waals surface area contributed by atoms with Crippen molar-refractivity contribution in [2.45, 2.75) is 6.92 Å². The molecule has 3 rings (SSSR count). The number of carbonyl (C=O) groups excluding carboxylic acids is 2. The van der Waals surface area contributed by atoms with Gasteiger partial charge in [0, 0.05) is 45.3 Å². The summed E-state index contributed by atoms with van der Waals surface area (Å²) in [6, 6.07) is 7.65. The average Bonchev–Trinajstić information content (AvgIpc) is 2.74. The van der Waals surface area contributed by atoms with Crippen LogP contribution in [0.15, 0.2) is 30.3 Å². The molecule has 0 bridgehead atoms. The second-order valence-electron chi connectivity index (χ2n) is 6.93. The van der Waals surface area contributed by atoms with E-state index in [4.69, 9.17) is 9.47 Å². The van der Waals surface area contributed by atoms with Gasteiger partial charge < -0.3 is 19.3 Å². The fourth-order valence-corrected chi connectivity index (χ4v) is 3.34. The van der Waals surface area contributed by atoms with Crippen molar-refractivity contribution in [1.82, 2.24) is 14.7 Å². The molecule has 0 aliphatic carbocycles. The summed E-state index contributed by atoms with van der Waals surface area (Å²) in [4.78, 5) is 30.6. The van der Waals surface area contributed by atoms with Gasteiger partial charge in [0.25, 0.3) is 0 Å². The summed E-state index contributed by atoms with van der Waals surface area (Å²) in [5, 5.41) is 0. The van der Waals surface area contributed by atoms with Gasteiger partial charge in [0.2, 0.25) is 11.8 Å². The molecular weight excluding hydrogens is 358 g/mol. The van der Waals surface area contributed by atoms with Crippen LogP contribution in [0.4, 0.5) is 0 Å². The Kier molecular flexibility index (Phi) is 7.45. The standard InChI is InChI=1S/C21H29N3O4/c1-2-28-19-6-3-18(4-7-19)5-8-20(25)23-9-11-24(12-10-23)21(26)17-22-13-15-27-16-14-22/h3-8H,2,9-17H2,1H3/b8-5+. The largest absolute Gasteiger partial charge is 0.494 e. The predicted molar refractivity (Wildman–Crippen MR) is 107 cm³/mol. The lowest BCUT2D eigenvalue weighted by atomic mass is 10.2. The van der Waals surface area contributed by atoms with E-state index in [-0.39, 0.29) is 11.8 Å². The molecule has 28 heavy (non-hydrogen) atoms. The minimum Gasteiger partial charge on any atom is -0.494 e. The highest BCUT2D eigenvalue weighted by molar-refractivity contribution is 5.92. The first-order chi connectivity index (χ1) is 13.7. The molecule has 0 atom stereocenters. The van der Waals surface area contributed by atoms with E-state index in [0.717, 1.165) is 24.4 Å². The summed E-state index contributed by atoms with van der Waals surface area (Å²) in [5.74, 6) is 0.942. The van der Waals surface area contributed by atoms with Crippen molar-refractivity contribution in [3.8, 4) is 5.75 Å². The van der Waals surface area contributed by atoms with Crippen LogP contribution in [0.2, 0.25) is 0 Å². The Morgan fingerprint density at radius 2 is 1.64 bits per heavy atom. The van der Waals surface area contributed by atoms with E-state index >= 15 is 0 Å². The van der Waals surface area contributed by atoms with E-state index in [0.29, 0.717) is 52.5 Å². The number of carbonyl (C=O) groups is 2. The Hall–Kier alpha value is -2.38. The maximum Gasteiger partial charge on any atom is 0.246 e. The second kappa shape index (κ2) is 10.2. The van der Waals surface area contributed by atoms with Crippen LogP contribution in [0.5, 0.6) is 5.75 Å². The number of hydrogen-bond donors (Lipinski definition) is 0. The second-order valence-corrected chi connectivity index (χ2v) is 6.93. The van der Waals surface area contributed by atoms with Crippen LogP contribution in [-0.4, -0.2) is 92.1 Å². The zero-order chi connectivity index (χ0) is 19.8. The average molecular weight is 387 g/mol. The summed E-state index contributed by atoms with van der Waals surface area (Å²) in [6.45, 7) is 8.33. The van der Waals surface area contributed by atoms with Crippen LogP contribution in [0.3, 0.4) is 0 Å². The van der Waals surface area contributed by atoms with Gasteiger partial charge in [0.05, 0.1) is 26.4 Å². The van der Waals surface area contributed by atoms with Crippen LogP contribution in [-0.2, 0) is 14.3 Å². The van der Waals surface area contributed by atoms with Crippen molar-refractivity contribution < 1.29 is 19.1 Å². The highest BCUT2D eigenvalue weighted by Gasteiger charge is 2.24. The summed E-state index contributed by atoms with van der Waals surface area (Å²) in [5.41, 5.74) is 0.955. The minimum atomic E-state index is -0.0193. The van der Waals surface area contributed by atoms with Crippen LogP contribution in [0.25, 0.3) is 6.08 Å². The zero-order valence-corrected chi connectivity index (χ0v) is 16.5. The van der Waals surface area contributed by atoms with Gasteiger partial charge in [-0.1, -0.05) is 12.1 Å².